The van der Waals surface area contributed by atoms with Crippen LogP contribution in [0.25, 0.3) is 0 Å². The van der Waals surface area contributed by atoms with E-state index >= 15 is 0 Å². The van der Waals surface area contributed by atoms with Gasteiger partial charge in [-0.1, -0.05) is 37.8 Å². The van der Waals surface area contributed by atoms with E-state index in [0.29, 0.717) is 24.3 Å². The van der Waals surface area contributed by atoms with E-state index in [0.717, 1.165) is 24.8 Å². The number of aliphatic hydroxyl groups is 2. The fraction of sp³-hybridized carbons (Fsp3) is 0.667. The molecule has 4 N–H and O–H groups in total. The van der Waals surface area contributed by atoms with Gasteiger partial charge in [-0.25, -0.2) is 4.79 Å². The molecule has 0 aromatic rings. The number of carboxylic acids is 2. The summed E-state index contributed by atoms with van der Waals surface area (Å²) in [7, 11) is 0. The monoisotopic (exact) mass is 342 g/mol. The van der Waals surface area contributed by atoms with Crippen LogP contribution in [0, 0.1) is 11.8 Å². The second kappa shape index (κ2) is 11.8. The van der Waals surface area contributed by atoms with Crippen LogP contribution in [0.3, 0.4) is 0 Å². The lowest BCUT2D eigenvalue weighted by molar-refractivity contribution is -0.147. The minimum atomic E-state index is -1.18. The first-order valence-electron chi connectivity index (χ1n) is 8.27. The topological polar surface area (TPSA) is 115 Å². The SMILES string of the molecule is CC(=C/C(=O)O)/C=C(\C)C[C@H](C)CCCC[C@H](O)[C@@H](CO)C(=O)O. The summed E-state index contributed by atoms with van der Waals surface area (Å²) in [6, 6.07) is 0. The molecule has 0 heterocycles. The van der Waals surface area contributed by atoms with Gasteiger partial charge in [0, 0.05) is 6.08 Å². The number of hydrogen-bond donors (Lipinski definition) is 4. The Hall–Kier alpha value is -1.66. The summed E-state index contributed by atoms with van der Waals surface area (Å²) in [5, 5.41) is 36.2. The zero-order valence-electron chi connectivity index (χ0n) is 14.7. The Labute approximate surface area is 143 Å². The Kier molecular flexibility index (Phi) is 11.0. The van der Waals surface area contributed by atoms with E-state index < -0.39 is 30.6 Å². The number of aliphatic hydroxyl groups excluding tert-OH is 2. The van der Waals surface area contributed by atoms with Crippen LogP contribution in [0.15, 0.2) is 23.3 Å². The second-order valence-electron chi connectivity index (χ2n) is 6.51. The molecule has 0 spiro atoms. The number of carbonyl (C=O) groups is 2. The number of carboxylic acid groups (broad SMARTS) is 2. The van der Waals surface area contributed by atoms with Gasteiger partial charge in [0.15, 0.2) is 0 Å². The summed E-state index contributed by atoms with van der Waals surface area (Å²) in [5.74, 6) is -2.82. The highest BCUT2D eigenvalue weighted by Gasteiger charge is 2.25. The highest BCUT2D eigenvalue weighted by Crippen LogP contribution is 2.20. The Morgan fingerprint density at radius 2 is 1.62 bits per heavy atom. The minimum Gasteiger partial charge on any atom is -0.481 e. The second-order valence-corrected chi connectivity index (χ2v) is 6.51. The quantitative estimate of drug-likeness (QED) is 0.246. The van der Waals surface area contributed by atoms with E-state index in [1.54, 1.807) is 6.92 Å². The molecule has 6 nitrogen and oxygen atoms in total. The summed E-state index contributed by atoms with van der Waals surface area (Å²) < 4.78 is 0. The Bertz CT molecular complexity index is 466. The lowest BCUT2D eigenvalue weighted by Crippen LogP contribution is -2.31. The van der Waals surface area contributed by atoms with E-state index in [1.807, 2.05) is 13.0 Å². The maximum Gasteiger partial charge on any atom is 0.328 e. The van der Waals surface area contributed by atoms with Gasteiger partial charge in [0.2, 0.25) is 0 Å². The van der Waals surface area contributed by atoms with Gasteiger partial charge in [-0.2, -0.15) is 0 Å². The van der Waals surface area contributed by atoms with Crippen molar-refractivity contribution in [3.8, 4) is 0 Å². The zero-order chi connectivity index (χ0) is 18.7. The molecular weight excluding hydrogens is 312 g/mol. The summed E-state index contributed by atoms with van der Waals surface area (Å²) in [6.45, 7) is 5.28. The molecular formula is C18H30O6. The number of rotatable bonds is 12. The Balaban J connectivity index is 4.14. The molecule has 0 amide bonds. The number of unbranched alkanes of at least 4 members (excludes halogenated alkanes) is 1. The molecule has 0 radical (unpaired) electrons. The maximum absolute atomic E-state index is 10.8. The molecule has 0 aliphatic carbocycles. The molecule has 0 aliphatic rings. The van der Waals surface area contributed by atoms with Gasteiger partial charge in [0.1, 0.15) is 5.92 Å². The standard InChI is InChI=1S/C18H30O6/c1-12(8-13(2)9-14(3)10-17(21)22)6-4-5-7-16(20)15(11-19)18(23)24/h9-10,12,15-16,19-20H,4-8,11H2,1-3H3,(H,21,22)(H,23,24)/b13-9+,14-10-/t12-,15-,16+/m1/s1. The van der Waals surface area contributed by atoms with Gasteiger partial charge >= 0.3 is 11.9 Å². The minimum absolute atomic E-state index is 0.361. The van der Waals surface area contributed by atoms with Crippen LogP contribution in [0.2, 0.25) is 0 Å². The summed E-state index contributed by atoms with van der Waals surface area (Å²) >= 11 is 0. The summed E-state index contributed by atoms with van der Waals surface area (Å²) in [5.41, 5.74) is 1.82. The van der Waals surface area contributed by atoms with Crippen LogP contribution in [0.1, 0.15) is 52.9 Å². The van der Waals surface area contributed by atoms with Crippen molar-refractivity contribution in [1.82, 2.24) is 0 Å². The average Bonchev–Trinajstić information content (AvgIpc) is 2.42. The van der Waals surface area contributed by atoms with E-state index in [4.69, 9.17) is 15.3 Å². The number of hydrogen-bond acceptors (Lipinski definition) is 4. The first-order valence-corrected chi connectivity index (χ1v) is 8.27. The third-order valence-electron chi connectivity index (χ3n) is 3.92. The van der Waals surface area contributed by atoms with Crippen LogP contribution in [0.5, 0.6) is 0 Å². The molecule has 0 unspecified atom stereocenters. The molecule has 24 heavy (non-hydrogen) atoms. The Morgan fingerprint density at radius 1 is 1.04 bits per heavy atom. The molecule has 0 saturated carbocycles. The van der Waals surface area contributed by atoms with E-state index in [2.05, 4.69) is 6.92 Å². The Morgan fingerprint density at radius 3 is 2.12 bits per heavy atom. The van der Waals surface area contributed by atoms with Crippen LogP contribution in [-0.4, -0.2) is 45.1 Å². The van der Waals surface area contributed by atoms with Crippen molar-refractivity contribution in [2.45, 2.75) is 59.0 Å². The van der Waals surface area contributed by atoms with Gasteiger partial charge < -0.3 is 20.4 Å². The third kappa shape index (κ3) is 10.2. The van der Waals surface area contributed by atoms with Gasteiger partial charge in [-0.15, -0.1) is 0 Å². The summed E-state index contributed by atoms with van der Waals surface area (Å²) in [6.07, 6.45) is 5.76. The molecule has 0 saturated heterocycles. The highest BCUT2D eigenvalue weighted by atomic mass is 16.4. The normalized spacial score (nSPS) is 16.5. The molecule has 0 aromatic heterocycles. The van der Waals surface area contributed by atoms with Gasteiger partial charge in [0.25, 0.3) is 0 Å². The summed E-state index contributed by atoms with van der Waals surface area (Å²) in [4.78, 5) is 21.4. The highest BCUT2D eigenvalue weighted by molar-refractivity contribution is 5.81. The molecule has 0 aliphatic heterocycles. The average molecular weight is 342 g/mol. The number of allylic oxidation sites excluding steroid dienone is 3. The van der Waals surface area contributed by atoms with E-state index in [1.165, 1.54) is 6.08 Å². The maximum atomic E-state index is 10.8. The van der Waals surface area contributed by atoms with Gasteiger partial charge in [0.05, 0.1) is 12.7 Å². The largest absolute Gasteiger partial charge is 0.481 e. The first-order chi connectivity index (χ1) is 11.2. The van der Waals surface area contributed by atoms with Crippen LogP contribution in [-0.2, 0) is 9.59 Å². The van der Waals surface area contributed by atoms with Crippen molar-refractivity contribution in [2.75, 3.05) is 6.61 Å². The van der Waals surface area contributed by atoms with Crippen molar-refractivity contribution in [3.05, 3.63) is 23.3 Å². The van der Waals surface area contributed by atoms with Crippen LogP contribution >= 0.6 is 0 Å². The first kappa shape index (κ1) is 22.3. The van der Waals surface area contributed by atoms with Crippen LogP contribution in [0.4, 0.5) is 0 Å². The fourth-order valence-corrected chi connectivity index (χ4v) is 2.75. The molecule has 6 heteroatoms. The van der Waals surface area contributed by atoms with Crippen molar-refractivity contribution < 1.29 is 30.0 Å². The van der Waals surface area contributed by atoms with Gasteiger partial charge in [-0.05, 0) is 38.2 Å². The van der Waals surface area contributed by atoms with Crippen molar-refractivity contribution in [1.29, 1.82) is 0 Å². The molecule has 0 aromatic carbocycles. The lowest BCUT2D eigenvalue weighted by Gasteiger charge is -2.17. The molecule has 0 bridgehead atoms. The van der Waals surface area contributed by atoms with E-state index in [-0.39, 0.29) is 0 Å². The smallest absolute Gasteiger partial charge is 0.328 e. The van der Waals surface area contributed by atoms with Crippen LogP contribution < -0.4 is 0 Å². The third-order valence-corrected chi connectivity index (χ3v) is 3.92. The molecule has 138 valence electrons. The lowest BCUT2D eigenvalue weighted by atomic mass is 9.93. The molecule has 3 atom stereocenters. The predicted molar refractivity (Wildman–Crippen MR) is 91.6 cm³/mol. The fourth-order valence-electron chi connectivity index (χ4n) is 2.75. The van der Waals surface area contributed by atoms with Crippen molar-refractivity contribution in [2.24, 2.45) is 11.8 Å². The molecule has 0 rings (SSSR count). The van der Waals surface area contributed by atoms with Gasteiger partial charge in [-0.3, -0.25) is 4.79 Å². The predicted octanol–water partition coefficient (Wildman–Crippen LogP) is 2.60. The number of aliphatic carboxylic acids is 2. The zero-order valence-corrected chi connectivity index (χ0v) is 14.7. The van der Waals surface area contributed by atoms with Crippen molar-refractivity contribution >= 4 is 11.9 Å². The van der Waals surface area contributed by atoms with E-state index in [9.17, 15) is 14.7 Å². The van der Waals surface area contributed by atoms with Crippen molar-refractivity contribution in [3.63, 3.8) is 0 Å². The molecule has 0 fully saturated rings.